The number of aromatic nitrogens is 3. The molecular weight excluding hydrogens is 476 g/mol. The van der Waals surface area contributed by atoms with Crippen molar-refractivity contribution in [3.05, 3.63) is 54.6 Å². The summed E-state index contributed by atoms with van der Waals surface area (Å²) in [6, 6.07) is 9.72. The predicted octanol–water partition coefficient (Wildman–Crippen LogP) is 4.78. The van der Waals surface area contributed by atoms with E-state index in [0.717, 1.165) is 76.0 Å². The van der Waals surface area contributed by atoms with Crippen LogP contribution in [0.4, 0.5) is 10.5 Å². The van der Waals surface area contributed by atoms with Gasteiger partial charge in [-0.3, -0.25) is 4.98 Å². The highest BCUT2D eigenvalue weighted by Gasteiger charge is 2.23. The zero-order chi connectivity index (χ0) is 24.9. The average molecular weight is 507 g/mol. The number of pyridine rings is 1. The van der Waals surface area contributed by atoms with E-state index in [1.165, 1.54) is 0 Å². The second kappa shape index (κ2) is 11.1. The molecule has 0 radical (unpaired) electrons. The number of nitrogens with one attached hydrogen (secondary N) is 3. The number of hydrogen-bond donors (Lipinski definition) is 3. The smallest absolute Gasteiger partial charge is 0.319 e. The molecule has 0 unspecified atom stereocenters. The van der Waals surface area contributed by atoms with Gasteiger partial charge in [0.1, 0.15) is 11.5 Å². The quantitative estimate of drug-likeness (QED) is 0.253. The van der Waals surface area contributed by atoms with Crippen LogP contribution in [0.5, 0.6) is 11.5 Å². The first-order valence-corrected chi connectivity index (χ1v) is 12.9. The molecule has 3 N–H and O–H groups in total. The number of fused-ring (bicyclic) bond motifs is 1. The number of carbonyl (C=O) groups is 1. The van der Waals surface area contributed by atoms with Crippen molar-refractivity contribution in [1.82, 2.24) is 25.2 Å². The van der Waals surface area contributed by atoms with E-state index < -0.39 is 0 Å². The number of rotatable bonds is 11. The fraction of sp³-hybridized carbons (Fsp3) is 0.346. The van der Waals surface area contributed by atoms with E-state index in [4.69, 9.17) is 9.47 Å². The van der Waals surface area contributed by atoms with Crippen LogP contribution in [0.2, 0.25) is 0 Å². The number of urea groups is 1. The summed E-state index contributed by atoms with van der Waals surface area (Å²) in [6.45, 7) is 5.18. The molecule has 0 aliphatic heterocycles. The highest BCUT2D eigenvalue weighted by molar-refractivity contribution is 7.22. The Hall–Kier alpha value is -3.47. The summed E-state index contributed by atoms with van der Waals surface area (Å²) >= 11 is 1.61. The summed E-state index contributed by atoms with van der Waals surface area (Å²) in [5, 5.41) is 9.16. The van der Waals surface area contributed by atoms with Crippen LogP contribution in [-0.2, 0) is 11.3 Å². The maximum atomic E-state index is 12.0. The van der Waals surface area contributed by atoms with E-state index >= 15 is 0 Å². The van der Waals surface area contributed by atoms with E-state index in [1.807, 2.05) is 37.5 Å². The standard InChI is InChI=1S/C26H30N6O3S/c1-17-13-19(31-26(33)30-18-3-4-18)5-6-22(17)35-23-7-8-28-20-14-24(36-25(20)23)21-15-32(16-29-21)11-9-27-10-12-34-2/h5-8,13-16,18,27H,3-4,9-12H2,1-2H3,(H2,30,31,33). The second-order valence-corrected chi connectivity index (χ2v) is 9.88. The Balaban J connectivity index is 1.27. The van der Waals surface area contributed by atoms with Crippen molar-refractivity contribution in [1.29, 1.82) is 0 Å². The van der Waals surface area contributed by atoms with Crippen molar-refractivity contribution in [3.63, 3.8) is 0 Å². The monoisotopic (exact) mass is 506 g/mol. The number of hydrogen-bond acceptors (Lipinski definition) is 7. The molecule has 10 heteroatoms. The molecule has 36 heavy (non-hydrogen) atoms. The maximum Gasteiger partial charge on any atom is 0.319 e. The molecule has 0 spiro atoms. The summed E-state index contributed by atoms with van der Waals surface area (Å²) in [4.78, 5) is 22.2. The Kier molecular flexibility index (Phi) is 7.45. The number of methoxy groups -OCH3 is 1. The largest absolute Gasteiger partial charge is 0.455 e. The maximum absolute atomic E-state index is 12.0. The van der Waals surface area contributed by atoms with Crippen LogP contribution >= 0.6 is 11.3 Å². The molecule has 2 amide bonds. The molecule has 1 aromatic carbocycles. The number of benzene rings is 1. The molecule has 1 aliphatic rings. The van der Waals surface area contributed by atoms with Crippen molar-refractivity contribution in [3.8, 4) is 22.1 Å². The van der Waals surface area contributed by atoms with Gasteiger partial charge in [-0.25, -0.2) is 9.78 Å². The van der Waals surface area contributed by atoms with Crippen LogP contribution in [0.1, 0.15) is 18.4 Å². The van der Waals surface area contributed by atoms with Crippen molar-refractivity contribution >= 4 is 33.3 Å². The summed E-state index contributed by atoms with van der Waals surface area (Å²) in [5.41, 5.74) is 3.45. The summed E-state index contributed by atoms with van der Waals surface area (Å²) in [7, 11) is 1.70. The SMILES string of the molecule is COCCNCCn1cnc(-c2cc3nccc(Oc4ccc(NC(=O)NC5CC5)cc4C)c3s2)c1. The van der Waals surface area contributed by atoms with Crippen molar-refractivity contribution < 1.29 is 14.3 Å². The molecule has 0 saturated heterocycles. The first-order chi connectivity index (χ1) is 17.6. The van der Waals surface area contributed by atoms with Crippen LogP contribution in [0.3, 0.4) is 0 Å². The van der Waals surface area contributed by atoms with Crippen LogP contribution in [-0.4, -0.2) is 53.4 Å². The third kappa shape index (κ3) is 6.01. The Morgan fingerprint density at radius 2 is 2.06 bits per heavy atom. The van der Waals surface area contributed by atoms with Gasteiger partial charge in [-0.15, -0.1) is 11.3 Å². The lowest BCUT2D eigenvalue weighted by atomic mass is 10.2. The highest BCUT2D eigenvalue weighted by atomic mass is 32.1. The lowest BCUT2D eigenvalue weighted by Crippen LogP contribution is -2.30. The number of amides is 2. The molecule has 3 heterocycles. The Morgan fingerprint density at radius 3 is 2.86 bits per heavy atom. The molecule has 0 atom stereocenters. The van der Waals surface area contributed by atoms with Crippen LogP contribution in [0.15, 0.2) is 49.1 Å². The van der Waals surface area contributed by atoms with Gasteiger partial charge in [-0.2, -0.15) is 0 Å². The highest BCUT2D eigenvalue weighted by Crippen LogP contribution is 2.39. The van der Waals surface area contributed by atoms with Gasteiger partial charge >= 0.3 is 6.03 Å². The fourth-order valence-corrected chi connectivity index (χ4v) is 4.81. The lowest BCUT2D eigenvalue weighted by Gasteiger charge is -2.12. The van der Waals surface area contributed by atoms with Gasteiger partial charge in [0.15, 0.2) is 0 Å². The number of carbonyl (C=O) groups excluding carboxylic acids is 1. The molecule has 5 rings (SSSR count). The minimum atomic E-state index is -0.169. The van der Waals surface area contributed by atoms with Gasteiger partial charge in [0.05, 0.1) is 33.7 Å². The minimum Gasteiger partial charge on any atom is -0.455 e. The molecule has 1 saturated carbocycles. The van der Waals surface area contributed by atoms with Crippen molar-refractivity contribution in [2.75, 3.05) is 32.1 Å². The van der Waals surface area contributed by atoms with Gasteiger partial charge in [0.2, 0.25) is 0 Å². The molecule has 188 valence electrons. The van der Waals surface area contributed by atoms with Gasteiger partial charge in [-0.1, -0.05) is 0 Å². The normalized spacial score (nSPS) is 13.2. The van der Waals surface area contributed by atoms with E-state index in [0.29, 0.717) is 12.6 Å². The van der Waals surface area contributed by atoms with Crippen LogP contribution in [0, 0.1) is 6.92 Å². The summed E-state index contributed by atoms with van der Waals surface area (Å²) in [6.07, 6.45) is 7.77. The van der Waals surface area contributed by atoms with Gasteiger partial charge in [0, 0.05) is 56.9 Å². The average Bonchev–Trinajstić information content (AvgIpc) is 3.36. The molecule has 3 aromatic heterocycles. The Morgan fingerprint density at radius 1 is 1.17 bits per heavy atom. The zero-order valence-corrected chi connectivity index (χ0v) is 21.2. The summed E-state index contributed by atoms with van der Waals surface area (Å²) < 4.78 is 14.4. The topological polar surface area (TPSA) is 102 Å². The third-order valence-corrected chi connectivity index (χ3v) is 7.02. The molecule has 9 nitrogen and oxygen atoms in total. The number of aryl methyl sites for hydroxylation is 1. The lowest BCUT2D eigenvalue weighted by molar-refractivity contribution is 0.199. The fourth-order valence-electron chi connectivity index (χ4n) is 3.78. The molecule has 1 fully saturated rings. The molecular formula is C26H30N6O3S. The number of nitrogens with zero attached hydrogens (tertiary/aromatic N) is 3. The Labute approximate surface area is 213 Å². The Bertz CT molecular complexity index is 1350. The number of anilines is 1. The first kappa shape index (κ1) is 24.2. The van der Waals surface area contributed by atoms with E-state index in [-0.39, 0.29) is 6.03 Å². The number of imidazole rings is 1. The number of ether oxygens (including phenoxy) is 2. The predicted molar refractivity (Wildman–Crippen MR) is 142 cm³/mol. The van der Waals surface area contributed by atoms with Crippen LogP contribution < -0.4 is 20.7 Å². The van der Waals surface area contributed by atoms with Crippen LogP contribution in [0.25, 0.3) is 20.8 Å². The molecule has 4 aromatic rings. The van der Waals surface area contributed by atoms with Gasteiger partial charge < -0.3 is 30.0 Å². The third-order valence-electron chi connectivity index (χ3n) is 5.86. The van der Waals surface area contributed by atoms with Gasteiger partial charge in [-0.05, 0) is 49.6 Å². The molecule has 1 aliphatic carbocycles. The first-order valence-electron chi connectivity index (χ1n) is 12.1. The zero-order valence-electron chi connectivity index (χ0n) is 20.4. The van der Waals surface area contributed by atoms with E-state index in [2.05, 4.69) is 42.7 Å². The second-order valence-electron chi connectivity index (χ2n) is 8.83. The minimum absolute atomic E-state index is 0.169. The van der Waals surface area contributed by atoms with E-state index in [9.17, 15) is 4.79 Å². The summed E-state index contributed by atoms with van der Waals surface area (Å²) in [5.74, 6) is 1.48. The van der Waals surface area contributed by atoms with E-state index in [1.54, 1.807) is 24.6 Å². The molecule has 0 bridgehead atoms. The number of thiophene rings is 1. The van der Waals surface area contributed by atoms with Gasteiger partial charge in [0.25, 0.3) is 0 Å². The van der Waals surface area contributed by atoms with Crippen molar-refractivity contribution in [2.45, 2.75) is 32.4 Å². The van der Waals surface area contributed by atoms with Crippen molar-refractivity contribution in [2.24, 2.45) is 0 Å².